The van der Waals surface area contributed by atoms with Gasteiger partial charge in [0.2, 0.25) is 0 Å². The SMILES string of the molecule is COc1cccc(C(O)CN2CCNCC2(C)C)c1. The van der Waals surface area contributed by atoms with Crippen LogP contribution in [0.1, 0.15) is 25.5 Å². The summed E-state index contributed by atoms with van der Waals surface area (Å²) in [5, 5.41) is 13.8. The Morgan fingerprint density at radius 2 is 2.26 bits per heavy atom. The molecule has 0 amide bonds. The number of nitrogens with zero attached hydrogens (tertiary/aromatic N) is 1. The lowest BCUT2D eigenvalue weighted by Crippen LogP contribution is -2.58. The van der Waals surface area contributed by atoms with Gasteiger partial charge in [-0.25, -0.2) is 0 Å². The Morgan fingerprint density at radius 3 is 2.95 bits per heavy atom. The number of hydrogen-bond donors (Lipinski definition) is 2. The van der Waals surface area contributed by atoms with E-state index < -0.39 is 6.10 Å². The van der Waals surface area contributed by atoms with Crippen molar-refractivity contribution in [1.82, 2.24) is 10.2 Å². The number of β-amino-alcohol motifs (C(OH)–C–C–N with tert-alkyl or cyclic N) is 1. The van der Waals surface area contributed by atoms with Gasteiger partial charge >= 0.3 is 0 Å². The Bertz CT molecular complexity index is 420. The highest BCUT2D eigenvalue weighted by Crippen LogP contribution is 2.23. The lowest BCUT2D eigenvalue weighted by atomic mass is 9.98. The number of aliphatic hydroxyl groups is 1. The van der Waals surface area contributed by atoms with Gasteiger partial charge in [0.15, 0.2) is 0 Å². The van der Waals surface area contributed by atoms with Crippen molar-refractivity contribution < 1.29 is 9.84 Å². The van der Waals surface area contributed by atoms with Gasteiger partial charge in [0.05, 0.1) is 13.2 Å². The van der Waals surface area contributed by atoms with Crippen LogP contribution >= 0.6 is 0 Å². The van der Waals surface area contributed by atoms with E-state index in [0.29, 0.717) is 6.54 Å². The Hall–Kier alpha value is -1.10. The van der Waals surface area contributed by atoms with Crippen molar-refractivity contribution in [2.45, 2.75) is 25.5 Å². The first-order valence-corrected chi connectivity index (χ1v) is 6.81. The van der Waals surface area contributed by atoms with E-state index in [1.54, 1.807) is 7.11 Å². The van der Waals surface area contributed by atoms with Crippen LogP contribution in [-0.4, -0.2) is 48.8 Å². The maximum absolute atomic E-state index is 10.4. The minimum Gasteiger partial charge on any atom is -0.497 e. The summed E-state index contributed by atoms with van der Waals surface area (Å²) < 4.78 is 5.20. The molecular weight excluding hydrogens is 240 g/mol. The molecular formula is C15H24N2O2. The Morgan fingerprint density at radius 1 is 1.47 bits per heavy atom. The second kappa shape index (κ2) is 5.90. The van der Waals surface area contributed by atoms with E-state index in [2.05, 4.69) is 24.1 Å². The molecule has 1 heterocycles. The summed E-state index contributed by atoms with van der Waals surface area (Å²) in [6, 6.07) is 7.66. The highest BCUT2D eigenvalue weighted by atomic mass is 16.5. The highest BCUT2D eigenvalue weighted by molar-refractivity contribution is 5.30. The predicted octanol–water partition coefficient (Wildman–Crippen LogP) is 1.41. The maximum Gasteiger partial charge on any atom is 0.119 e. The van der Waals surface area contributed by atoms with Gasteiger partial charge in [0, 0.05) is 31.7 Å². The van der Waals surface area contributed by atoms with Crippen LogP contribution in [0.4, 0.5) is 0 Å². The third kappa shape index (κ3) is 3.47. The summed E-state index contributed by atoms with van der Waals surface area (Å²) in [4.78, 5) is 2.34. The topological polar surface area (TPSA) is 44.7 Å². The summed E-state index contributed by atoms with van der Waals surface area (Å²) >= 11 is 0. The number of aliphatic hydroxyl groups excluding tert-OH is 1. The summed E-state index contributed by atoms with van der Waals surface area (Å²) in [5.74, 6) is 0.788. The van der Waals surface area contributed by atoms with Gasteiger partial charge in [0.1, 0.15) is 5.75 Å². The first-order valence-electron chi connectivity index (χ1n) is 6.81. The minimum atomic E-state index is -0.479. The molecule has 0 aliphatic carbocycles. The van der Waals surface area contributed by atoms with E-state index in [-0.39, 0.29) is 5.54 Å². The van der Waals surface area contributed by atoms with E-state index in [0.717, 1.165) is 30.9 Å². The molecule has 0 bridgehead atoms. The van der Waals surface area contributed by atoms with E-state index in [1.807, 2.05) is 24.3 Å². The standard InChI is InChI=1S/C15H24N2O2/c1-15(2)11-16-7-8-17(15)10-14(18)12-5-4-6-13(9-12)19-3/h4-6,9,14,16,18H,7-8,10-11H2,1-3H3. The Balaban J connectivity index is 2.05. The van der Waals surface area contributed by atoms with Crippen molar-refractivity contribution in [2.24, 2.45) is 0 Å². The second-order valence-electron chi connectivity index (χ2n) is 5.73. The van der Waals surface area contributed by atoms with Gasteiger partial charge in [-0.3, -0.25) is 4.90 Å². The number of ether oxygens (including phenoxy) is 1. The van der Waals surface area contributed by atoms with Crippen molar-refractivity contribution in [2.75, 3.05) is 33.3 Å². The third-order valence-corrected chi connectivity index (χ3v) is 3.84. The van der Waals surface area contributed by atoms with Crippen LogP contribution in [0.25, 0.3) is 0 Å². The lowest BCUT2D eigenvalue weighted by Gasteiger charge is -2.43. The molecule has 0 radical (unpaired) electrons. The zero-order valence-corrected chi connectivity index (χ0v) is 12.0. The van der Waals surface area contributed by atoms with Crippen LogP contribution in [0.3, 0.4) is 0 Å². The van der Waals surface area contributed by atoms with Crippen LogP contribution in [-0.2, 0) is 0 Å². The van der Waals surface area contributed by atoms with Gasteiger partial charge in [-0.15, -0.1) is 0 Å². The van der Waals surface area contributed by atoms with Crippen LogP contribution < -0.4 is 10.1 Å². The summed E-state index contributed by atoms with van der Waals surface area (Å²) in [6.45, 7) is 7.97. The molecule has 0 aromatic heterocycles. The van der Waals surface area contributed by atoms with E-state index in [1.165, 1.54) is 0 Å². The molecule has 1 fully saturated rings. The number of rotatable bonds is 4. The van der Waals surface area contributed by atoms with Gasteiger partial charge in [0.25, 0.3) is 0 Å². The van der Waals surface area contributed by atoms with Crippen LogP contribution in [0.5, 0.6) is 5.75 Å². The Labute approximate surface area is 115 Å². The van der Waals surface area contributed by atoms with E-state index >= 15 is 0 Å². The van der Waals surface area contributed by atoms with Gasteiger partial charge in [-0.1, -0.05) is 12.1 Å². The monoisotopic (exact) mass is 264 g/mol. The average Bonchev–Trinajstić information content (AvgIpc) is 2.41. The summed E-state index contributed by atoms with van der Waals surface area (Å²) in [7, 11) is 1.64. The fourth-order valence-corrected chi connectivity index (χ4v) is 2.52. The molecule has 0 spiro atoms. The maximum atomic E-state index is 10.4. The second-order valence-corrected chi connectivity index (χ2v) is 5.73. The van der Waals surface area contributed by atoms with E-state index in [9.17, 15) is 5.11 Å². The fourth-order valence-electron chi connectivity index (χ4n) is 2.52. The van der Waals surface area contributed by atoms with Crippen LogP contribution in [0.2, 0.25) is 0 Å². The van der Waals surface area contributed by atoms with Crippen LogP contribution in [0.15, 0.2) is 24.3 Å². The van der Waals surface area contributed by atoms with Crippen LogP contribution in [0, 0.1) is 0 Å². The van der Waals surface area contributed by atoms with Gasteiger partial charge in [-0.2, -0.15) is 0 Å². The smallest absolute Gasteiger partial charge is 0.119 e. The first-order chi connectivity index (χ1) is 9.03. The predicted molar refractivity (Wildman–Crippen MR) is 76.5 cm³/mol. The molecule has 1 aromatic carbocycles. The molecule has 4 nitrogen and oxygen atoms in total. The molecule has 4 heteroatoms. The van der Waals surface area contributed by atoms with E-state index in [4.69, 9.17) is 4.74 Å². The van der Waals surface area contributed by atoms with Gasteiger partial charge < -0.3 is 15.2 Å². The molecule has 1 unspecified atom stereocenters. The molecule has 1 saturated heterocycles. The molecule has 1 atom stereocenters. The number of benzene rings is 1. The molecule has 1 aliphatic rings. The number of methoxy groups -OCH3 is 1. The largest absolute Gasteiger partial charge is 0.497 e. The molecule has 2 rings (SSSR count). The number of piperazine rings is 1. The quantitative estimate of drug-likeness (QED) is 0.863. The Kier molecular flexibility index (Phi) is 4.45. The number of hydrogen-bond acceptors (Lipinski definition) is 4. The normalized spacial score (nSPS) is 21.1. The fraction of sp³-hybridized carbons (Fsp3) is 0.600. The molecule has 19 heavy (non-hydrogen) atoms. The van der Waals surface area contributed by atoms with Crippen molar-refractivity contribution in [3.8, 4) is 5.75 Å². The van der Waals surface area contributed by atoms with Crippen molar-refractivity contribution in [3.63, 3.8) is 0 Å². The first kappa shape index (κ1) is 14.3. The van der Waals surface area contributed by atoms with Crippen molar-refractivity contribution in [3.05, 3.63) is 29.8 Å². The zero-order chi connectivity index (χ0) is 13.9. The minimum absolute atomic E-state index is 0.0814. The molecule has 2 N–H and O–H groups in total. The summed E-state index contributed by atoms with van der Waals surface area (Å²) in [5.41, 5.74) is 0.992. The zero-order valence-electron chi connectivity index (χ0n) is 12.0. The summed E-state index contributed by atoms with van der Waals surface area (Å²) in [6.07, 6.45) is -0.479. The molecule has 106 valence electrons. The number of nitrogens with one attached hydrogen (secondary N) is 1. The van der Waals surface area contributed by atoms with Gasteiger partial charge in [-0.05, 0) is 31.5 Å². The van der Waals surface area contributed by atoms with Crippen molar-refractivity contribution >= 4 is 0 Å². The molecule has 1 aliphatic heterocycles. The third-order valence-electron chi connectivity index (χ3n) is 3.84. The highest BCUT2D eigenvalue weighted by Gasteiger charge is 2.30. The molecule has 1 aromatic rings. The van der Waals surface area contributed by atoms with Crippen molar-refractivity contribution in [1.29, 1.82) is 0 Å². The molecule has 0 saturated carbocycles. The average molecular weight is 264 g/mol. The lowest BCUT2D eigenvalue weighted by molar-refractivity contribution is 0.0340.